The molecule has 1 aromatic carbocycles. The minimum Gasteiger partial charge on any atom is -0.271 e. The van der Waals surface area contributed by atoms with E-state index in [2.05, 4.69) is 21.4 Å². The van der Waals surface area contributed by atoms with Crippen LogP contribution >= 0.6 is 27.3 Å². The van der Waals surface area contributed by atoms with Crippen molar-refractivity contribution in [1.82, 2.24) is 5.43 Å². The first-order valence-electron chi connectivity index (χ1n) is 4.78. The second-order valence-corrected chi connectivity index (χ2v) is 5.91. The van der Waals surface area contributed by atoms with Crippen molar-refractivity contribution in [3.63, 3.8) is 0 Å². The van der Waals surface area contributed by atoms with Crippen molar-refractivity contribution in [3.05, 3.63) is 56.2 Å². The smallest absolute Gasteiger partial charge is 0.159 e. The molecule has 1 aromatic heterocycles. The summed E-state index contributed by atoms with van der Waals surface area (Å²) in [5.74, 6) is 3.72. The van der Waals surface area contributed by atoms with E-state index in [1.807, 2.05) is 12.1 Å². The maximum Gasteiger partial charge on any atom is 0.159 e. The van der Waals surface area contributed by atoms with Gasteiger partial charge in [-0.3, -0.25) is 5.84 Å². The summed E-state index contributed by atoms with van der Waals surface area (Å²) in [6, 6.07) is 7.16. The van der Waals surface area contributed by atoms with E-state index in [0.717, 1.165) is 20.8 Å². The van der Waals surface area contributed by atoms with Crippen LogP contribution < -0.4 is 11.3 Å². The molecule has 1 atom stereocenters. The molecular formula is C11H9BrF2N2S. The van der Waals surface area contributed by atoms with Gasteiger partial charge in [-0.25, -0.2) is 14.2 Å². The number of hydrazine groups is 1. The molecule has 0 amide bonds. The molecule has 0 aliphatic heterocycles. The minimum atomic E-state index is -0.877. The van der Waals surface area contributed by atoms with Crippen molar-refractivity contribution in [1.29, 1.82) is 0 Å². The molecule has 17 heavy (non-hydrogen) atoms. The molecule has 0 radical (unpaired) electrons. The lowest BCUT2D eigenvalue weighted by molar-refractivity contribution is 0.504. The quantitative estimate of drug-likeness (QED) is 0.673. The molecule has 1 unspecified atom stereocenters. The number of halogens is 3. The predicted molar refractivity (Wildman–Crippen MR) is 67.5 cm³/mol. The summed E-state index contributed by atoms with van der Waals surface area (Å²) in [4.78, 5) is 0.922. The summed E-state index contributed by atoms with van der Waals surface area (Å²) < 4.78 is 26.9. The van der Waals surface area contributed by atoms with Gasteiger partial charge in [-0.05, 0) is 45.8 Å². The van der Waals surface area contributed by atoms with Gasteiger partial charge in [0.15, 0.2) is 11.6 Å². The van der Waals surface area contributed by atoms with Crippen molar-refractivity contribution in [2.75, 3.05) is 0 Å². The summed E-state index contributed by atoms with van der Waals surface area (Å²) in [5.41, 5.74) is 3.18. The van der Waals surface area contributed by atoms with Gasteiger partial charge in [0.05, 0.1) is 9.83 Å². The highest BCUT2D eigenvalue weighted by Gasteiger charge is 2.16. The fourth-order valence-corrected chi connectivity index (χ4v) is 3.03. The zero-order valence-corrected chi connectivity index (χ0v) is 11.0. The molecular weight excluding hydrogens is 310 g/mol. The lowest BCUT2D eigenvalue weighted by Gasteiger charge is -2.14. The third kappa shape index (κ3) is 2.71. The Morgan fingerprint density at radius 2 is 1.94 bits per heavy atom. The van der Waals surface area contributed by atoms with E-state index in [1.54, 1.807) is 0 Å². The molecule has 3 N–H and O–H groups in total. The SMILES string of the molecule is NNC(c1ccc(F)c(F)c1)c1ccc(Br)s1. The Balaban J connectivity index is 2.38. The van der Waals surface area contributed by atoms with E-state index in [-0.39, 0.29) is 6.04 Å². The topological polar surface area (TPSA) is 38.0 Å². The summed E-state index contributed by atoms with van der Waals surface area (Å²) in [6.07, 6.45) is 0. The number of thiophene rings is 1. The molecule has 1 heterocycles. The molecule has 0 saturated carbocycles. The van der Waals surface area contributed by atoms with Crippen molar-refractivity contribution in [2.45, 2.75) is 6.04 Å². The molecule has 2 nitrogen and oxygen atoms in total. The molecule has 90 valence electrons. The average molecular weight is 319 g/mol. The first kappa shape index (κ1) is 12.6. The van der Waals surface area contributed by atoms with Crippen LogP contribution in [0, 0.1) is 11.6 Å². The molecule has 0 aliphatic rings. The van der Waals surface area contributed by atoms with Gasteiger partial charge in [0.1, 0.15) is 0 Å². The van der Waals surface area contributed by atoms with Gasteiger partial charge in [-0.1, -0.05) is 6.07 Å². The Morgan fingerprint density at radius 1 is 1.18 bits per heavy atom. The first-order chi connectivity index (χ1) is 8.11. The van der Waals surface area contributed by atoms with Crippen molar-refractivity contribution < 1.29 is 8.78 Å². The Hall–Kier alpha value is -0.820. The van der Waals surface area contributed by atoms with Crippen molar-refractivity contribution in [2.24, 2.45) is 5.84 Å². The fraction of sp³-hybridized carbons (Fsp3) is 0.0909. The second kappa shape index (κ2) is 5.22. The van der Waals surface area contributed by atoms with Crippen molar-refractivity contribution in [3.8, 4) is 0 Å². The Morgan fingerprint density at radius 3 is 2.47 bits per heavy atom. The highest BCUT2D eigenvalue weighted by atomic mass is 79.9. The van der Waals surface area contributed by atoms with Crippen LogP contribution in [0.25, 0.3) is 0 Å². The van der Waals surface area contributed by atoms with Crippen LogP contribution in [0.1, 0.15) is 16.5 Å². The van der Waals surface area contributed by atoms with Gasteiger partial charge in [0, 0.05) is 4.88 Å². The summed E-state index contributed by atoms with van der Waals surface area (Å²) in [5, 5.41) is 0. The third-order valence-corrected chi connectivity index (χ3v) is 4.01. The van der Waals surface area contributed by atoms with E-state index in [9.17, 15) is 8.78 Å². The standard InChI is InChI=1S/C11H9BrF2N2S/c12-10-4-3-9(17-10)11(16-15)6-1-2-7(13)8(14)5-6/h1-5,11,16H,15H2. The van der Waals surface area contributed by atoms with Crippen LogP contribution in [0.5, 0.6) is 0 Å². The Labute approximate surface area is 110 Å². The summed E-state index contributed by atoms with van der Waals surface area (Å²) in [7, 11) is 0. The normalized spacial score (nSPS) is 12.7. The van der Waals surface area contributed by atoms with Gasteiger partial charge in [0.2, 0.25) is 0 Å². The third-order valence-electron chi connectivity index (χ3n) is 2.32. The largest absolute Gasteiger partial charge is 0.271 e. The molecule has 0 aliphatic carbocycles. The fourth-order valence-electron chi connectivity index (χ4n) is 1.52. The van der Waals surface area contributed by atoms with Crippen LogP contribution in [0.3, 0.4) is 0 Å². The lowest BCUT2D eigenvalue weighted by Crippen LogP contribution is -2.28. The lowest BCUT2D eigenvalue weighted by atomic mass is 10.1. The van der Waals surface area contributed by atoms with Gasteiger partial charge in [-0.2, -0.15) is 0 Å². The van der Waals surface area contributed by atoms with Crippen LogP contribution in [0.4, 0.5) is 8.78 Å². The number of hydrogen-bond acceptors (Lipinski definition) is 3. The first-order valence-corrected chi connectivity index (χ1v) is 6.39. The molecule has 0 saturated heterocycles. The van der Waals surface area contributed by atoms with E-state index in [1.165, 1.54) is 17.4 Å². The molecule has 0 bridgehead atoms. The molecule has 2 aromatic rings. The van der Waals surface area contributed by atoms with Crippen LogP contribution in [-0.4, -0.2) is 0 Å². The highest BCUT2D eigenvalue weighted by Crippen LogP contribution is 2.31. The molecule has 0 fully saturated rings. The summed E-state index contributed by atoms with van der Waals surface area (Å²) in [6.45, 7) is 0. The Kier molecular flexibility index (Phi) is 3.88. The Bertz CT molecular complexity index is 530. The van der Waals surface area contributed by atoms with E-state index in [4.69, 9.17) is 5.84 Å². The van der Waals surface area contributed by atoms with E-state index in [0.29, 0.717) is 5.56 Å². The van der Waals surface area contributed by atoms with E-state index < -0.39 is 11.6 Å². The number of nitrogens with one attached hydrogen (secondary N) is 1. The highest BCUT2D eigenvalue weighted by molar-refractivity contribution is 9.11. The van der Waals surface area contributed by atoms with Crippen LogP contribution in [0.15, 0.2) is 34.1 Å². The molecule has 0 spiro atoms. The zero-order valence-electron chi connectivity index (χ0n) is 8.58. The average Bonchev–Trinajstić information content (AvgIpc) is 2.71. The van der Waals surface area contributed by atoms with Gasteiger partial charge < -0.3 is 0 Å². The second-order valence-electron chi connectivity index (χ2n) is 3.42. The van der Waals surface area contributed by atoms with Crippen molar-refractivity contribution >= 4 is 27.3 Å². The molecule has 2 rings (SSSR count). The number of rotatable bonds is 3. The van der Waals surface area contributed by atoms with Gasteiger partial charge in [0.25, 0.3) is 0 Å². The number of hydrogen-bond donors (Lipinski definition) is 2. The van der Waals surface area contributed by atoms with Gasteiger partial charge >= 0.3 is 0 Å². The maximum absolute atomic E-state index is 13.1. The number of benzene rings is 1. The zero-order chi connectivity index (χ0) is 12.4. The monoisotopic (exact) mass is 318 g/mol. The summed E-state index contributed by atoms with van der Waals surface area (Å²) >= 11 is 4.83. The molecule has 6 heteroatoms. The predicted octanol–water partition coefficient (Wildman–Crippen LogP) is 3.34. The van der Waals surface area contributed by atoms with Gasteiger partial charge in [-0.15, -0.1) is 11.3 Å². The van der Waals surface area contributed by atoms with E-state index >= 15 is 0 Å². The number of nitrogens with two attached hydrogens (primary N) is 1. The minimum absolute atomic E-state index is 0.346. The van der Waals surface area contributed by atoms with Crippen LogP contribution in [-0.2, 0) is 0 Å². The van der Waals surface area contributed by atoms with Crippen LogP contribution in [0.2, 0.25) is 0 Å². The maximum atomic E-state index is 13.1.